The molecule has 6 nitrogen and oxygen atoms in total. The Kier molecular flexibility index (Phi) is 10.00. The van der Waals surface area contributed by atoms with E-state index in [-0.39, 0.29) is 0 Å². The number of amides is 2. The van der Waals surface area contributed by atoms with Gasteiger partial charge < -0.3 is 0 Å². The highest BCUT2D eigenvalue weighted by Gasteiger charge is 1.99. The number of carbonyl (C=O) groups is 2. The number of hydroxylamine groups is 3. The van der Waals surface area contributed by atoms with Crippen LogP contribution in [0.2, 0.25) is 0 Å². The highest BCUT2D eigenvalue weighted by atomic mass is 16.5. The molecular formula is C8H14N2O4. The van der Waals surface area contributed by atoms with E-state index in [4.69, 9.17) is 10.4 Å². The van der Waals surface area contributed by atoms with E-state index in [1.54, 1.807) is 6.92 Å². The zero-order chi connectivity index (χ0) is 11.6. The Morgan fingerprint density at radius 2 is 1.93 bits per heavy atom. The molecule has 3 N–H and O–H groups in total. The number of hydrogen-bond donors (Lipinski definition) is 3. The third kappa shape index (κ3) is 8.44. The minimum atomic E-state index is -0.588. The highest BCUT2D eigenvalue weighted by Crippen LogP contribution is 1.80. The van der Waals surface area contributed by atoms with Crippen LogP contribution >= 0.6 is 0 Å². The average molecular weight is 202 g/mol. The summed E-state index contributed by atoms with van der Waals surface area (Å²) >= 11 is 0. The van der Waals surface area contributed by atoms with E-state index in [9.17, 15) is 9.59 Å². The number of nitrogens with zero attached hydrogens (tertiary/aromatic N) is 1. The molecule has 0 aromatic heterocycles. The molecular weight excluding hydrogens is 188 g/mol. The van der Waals surface area contributed by atoms with Crippen molar-refractivity contribution in [3.63, 3.8) is 0 Å². The largest absolute Gasteiger partial charge is 0.288 e. The fraction of sp³-hybridized carbons (Fsp3) is 0.250. The van der Waals surface area contributed by atoms with Crippen LogP contribution < -0.4 is 5.48 Å². The second-order valence-corrected chi connectivity index (χ2v) is 1.94. The normalized spacial score (nSPS) is 7.64. The van der Waals surface area contributed by atoms with E-state index in [1.165, 1.54) is 5.48 Å². The summed E-state index contributed by atoms with van der Waals surface area (Å²) in [6.45, 7) is 8.20. The van der Waals surface area contributed by atoms with Gasteiger partial charge in [-0.15, -0.1) is 0 Å². The first kappa shape index (κ1) is 14.8. The first-order valence-electron chi connectivity index (χ1n) is 3.72. The van der Waals surface area contributed by atoms with Gasteiger partial charge >= 0.3 is 0 Å². The monoisotopic (exact) mass is 202 g/mol. The molecule has 0 rings (SSSR count). The first-order chi connectivity index (χ1) is 6.53. The molecule has 6 heteroatoms. The van der Waals surface area contributed by atoms with Crippen molar-refractivity contribution in [3.05, 3.63) is 25.3 Å². The maximum Gasteiger partial charge on any atom is 0.269 e. The van der Waals surface area contributed by atoms with Crippen molar-refractivity contribution < 1.29 is 20.0 Å². The second-order valence-electron chi connectivity index (χ2n) is 1.94. The van der Waals surface area contributed by atoms with Crippen molar-refractivity contribution in [1.29, 1.82) is 0 Å². The maximum atomic E-state index is 10.3. The predicted octanol–water partition coefficient (Wildman–Crippen LogP) is 0.0879. The van der Waals surface area contributed by atoms with Crippen LogP contribution in [-0.2, 0) is 9.59 Å². The quantitative estimate of drug-likeness (QED) is 0.343. The average Bonchev–Trinajstić information content (AvgIpc) is 2.26. The summed E-state index contributed by atoms with van der Waals surface area (Å²) in [5.41, 5.74) is 1.36. The topological polar surface area (TPSA) is 89.9 Å². The van der Waals surface area contributed by atoms with Gasteiger partial charge in [-0.1, -0.05) is 13.2 Å². The summed E-state index contributed by atoms with van der Waals surface area (Å²) in [6, 6.07) is 0. The molecule has 0 unspecified atom stereocenters. The van der Waals surface area contributed by atoms with Gasteiger partial charge in [0.05, 0.1) is 0 Å². The molecule has 0 bridgehead atoms. The molecule has 14 heavy (non-hydrogen) atoms. The number of likely N-dealkylation sites (N-methyl/N-ethyl adjacent to an activating group) is 1. The Bertz CT molecular complexity index is 215. The Balaban J connectivity index is 0. The van der Waals surface area contributed by atoms with Gasteiger partial charge in [-0.25, -0.2) is 10.5 Å². The van der Waals surface area contributed by atoms with Gasteiger partial charge in [-0.3, -0.25) is 20.0 Å². The Morgan fingerprint density at radius 3 is 2.00 bits per heavy atom. The third-order valence-corrected chi connectivity index (χ3v) is 1.02. The van der Waals surface area contributed by atoms with Gasteiger partial charge in [0, 0.05) is 6.54 Å². The van der Waals surface area contributed by atoms with Crippen LogP contribution in [0.15, 0.2) is 25.3 Å². The fourth-order valence-electron chi connectivity index (χ4n) is 0.307. The van der Waals surface area contributed by atoms with Crippen LogP contribution in [0.25, 0.3) is 0 Å². The minimum Gasteiger partial charge on any atom is -0.288 e. The SMILES string of the molecule is C=CC(=O)N(O)CC.C=CC(=O)NO. The molecule has 0 aromatic carbocycles. The van der Waals surface area contributed by atoms with Gasteiger partial charge in [0.25, 0.3) is 11.8 Å². The molecule has 0 radical (unpaired) electrons. The number of nitrogens with one attached hydrogen (secondary N) is 1. The lowest BCUT2D eigenvalue weighted by Gasteiger charge is -2.06. The van der Waals surface area contributed by atoms with Crippen molar-refractivity contribution in [3.8, 4) is 0 Å². The summed E-state index contributed by atoms with van der Waals surface area (Å²) in [5.74, 6) is -1.05. The standard InChI is InChI=1S/C5H9NO2.C3H5NO2/c1-3-5(7)6(8)4-2;1-2-3(5)4-6/h3,8H,1,4H2,2H3;2,6H,1H2,(H,4,5). The summed E-state index contributed by atoms with van der Waals surface area (Å²) in [7, 11) is 0. The van der Waals surface area contributed by atoms with Crippen molar-refractivity contribution in [1.82, 2.24) is 10.5 Å². The number of hydrogen-bond acceptors (Lipinski definition) is 4. The maximum absolute atomic E-state index is 10.3. The van der Waals surface area contributed by atoms with Gasteiger partial charge in [-0.2, -0.15) is 0 Å². The van der Waals surface area contributed by atoms with Crippen molar-refractivity contribution in [2.75, 3.05) is 6.54 Å². The van der Waals surface area contributed by atoms with E-state index in [1.807, 2.05) is 0 Å². The molecule has 0 aliphatic rings. The summed E-state index contributed by atoms with van der Waals surface area (Å²) in [5, 5.41) is 16.8. The van der Waals surface area contributed by atoms with Crippen LogP contribution in [0, 0.1) is 0 Å². The molecule has 0 saturated heterocycles. The van der Waals surface area contributed by atoms with Crippen LogP contribution in [0.5, 0.6) is 0 Å². The molecule has 80 valence electrons. The molecule has 0 saturated carbocycles. The Labute approximate surface area is 82.0 Å². The number of carbonyl (C=O) groups excluding carboxylic acids is 2. The molecule has 0 aliphatic carbocycles. The smallest absolute Gasteiger partial charge is 0.269 e. The third-order valence-electron chi connectivity index (χ3n) is 1.02. The molecule has 0 fully saturated rings. The highest BCUT2D eigenvalue weighted by molar-refractivity contribution is 5.86. The van der Waals surface area contributed by atoms with Crippen LogP contribution in [0.3, 0.4) is 0 Å². The molecule has 0 aliphatic heterocycles. The molecule has 0 aromatic rings. The van der Waals surface area contributed by atoms with Gasteiger partial charge in [0.15, 0.2) is 0 Å². The van der Waals surface area contributed by atoms with Crippen LogP contribution in [0.4, 0.5) is 0 Å². The van der Waals surface area contributed by atoms with E-state index in [2.05, 4.69) is 13.2 Å². The van der Waals surface area contributed by atoms with Gasteiger partial charge in [-0.05, 0) is 19.1 Å². The Morgan fingerprint density at radius 1 is 1.43 bits per heavy atom. The molecule has 0 spiro atoms. The van der Waals surface area contributed by atoms with Gasteiger partial charge in [0.1, 0.15) is 0 Å². The number of rotatable bonds is 3. The molecule has 0 heterocycles. The van der Waals surface area contributed by atoms with Crippen LogP contribution in [0.1, 0.15) is 6.92 Å². The lowest BCUT2D eigenvalue weighted by Crippen LogP contribution is -2.24. The zero-order valence-electron chi connectivity index (χ0n) is 7.93. The second kappa shape index (κ2) is 9.43. The van der Waals surface area contributed by atoms with E-state index >= 15 is 0 Å². The fourth-order valence-corrected chi connectivity index (χ4v) is 0.307. The summed E-state index contributed by atoms with van der Waals surface area (Å²) in [4.78, 5) is 20.0. The van der Waals surface area contributed by atoms with Gasteiger partial charge in [0.2, 0.25) is 0 Å². The van der Waals surface area contributed by atoms with Crippen molar-refractivity contribution in [2.24, 2.45) is 0 Å². The van der Waals surface area contributed by atoms with E-state index in [0.717, 1.165) is 12.2 Å². The predicted molar refractivity (Wildman–Crippen MR) is 49.5 cm³/mol. The molecule has 2 amide bonds. The lowest BCUT2D eigenvalue weighted by molar-refractivity contribution is -0.158. The lowest BCUT2D eigenvalue weighted by atomic mass is 10.5. The Hall–Kier alpha value is -1.66. The van der Waals surface area contributed by atoms with Crippen LogP contribution in [-0.4, -0.2) is 33.8 Å². The van der Waals surface area contributed by atoms with E-state index < -0.39 is 11.8 Å². The molecule has 0 atom stereocenters. The van der Waals surface area contributed by atoms with E-state index in [0.29, 0.717) is 11.6 Å². The first-order valence-corrected chi connectivity index (χ1v) is 3.72. The summed E-state index contributed by atoms with van der Waals surface area (Å²) in [6.07, 6.45) is 2.03. The summed E-state index contributed by atoms with van der Waals surface area (Å²) < 4.78 is 0. The van der Waals surface area contributed by atoms with Crippen molar-refractivity contribution in [2.45, 2.75) is 6.92 Å². The van der Waals surface area contributed by atoms with Crippen molar-refractivity contribution >= 4 is 11.8 Å². The zero-order valence-corrected chi connectivity index (χ0v) is 7.93. The minimum absolute atomic E-state index is 0.296.